The molecule has 2 amide bonds. The molecule has 0 fully saturated rings. The Morgan fingerprint density at radius 1 is 0.921 bits per heavy atom. The molecule has 3 aromatic carbocycles. The molecule has 3 aromatic rings. The van der Waals surface area contributed by atoms with Crippen LogP contribution in [0, 0.1) is 5.82 Å². The Bertz CT molecular complexity index is 1220. The van der Waals surface area contributed by atoms with Crippen LogP contribution in [0.3, 0.4) is 0 Å². The number of ether oxygens (including phenoxy) is 2. The van der Waals surface area contributed by atoms with Crippen LogP contribution >= 0.6 is 0 Å². The van der Waals surface area contributed by atoms with E-state index in [0.29, 0.717) is 37.6 Å². The second-order valence-corrected chi connectivity index (χ2v) is 9.65. The largest absolute Gasteiger partial charge is 0.486 e. The maximum Gasteiger partial charge on any atom is 0.243 e. The van der Waals surface area contributed by atoms with Crippen LogP contribution in [-0.4, -0.2) is 42.0 Å². The Balaban J connectivity index is 1.59. The van der Waals surface area contributed by atoms with Crippen LogP contribution in [0.5, 0.6) is 11.5 Å². The first kappa shape index (κ1) is 27.2. The number of hydrogen-bond donors (Lipinski definition) is 1. The van der Waals surface area contributed by atoms with Crippen molar-refractivity contribution in [3.8, 4) is 11.5 Å². The van der Waals surface area contributed by atoms with E-state index in [0.717, 1.165) is 23.1 Å². The minimum absolute atomic E-state index is 0.0266. The molecule has 0 bridgehead atoms. The number of aryl methyl sites for hydroxylation is 1. The standard InChI is InChI=1S/C31H35FN2O4/c1-3-22(2)33-31(36)27(19-23-7-5-4-6-8-23)34(21-25-9-13-26(32)14-10-25)30(35)16-12-24-11-15-28-29(20-24)38-18-17-37-28/h4-11,13-15,20,22,27H,3,12,16-19,21H2,1-2H3,(H,33,36). The first-order valence-electron chi connectivity index (χ1n) is 13.2. The Hall–Kier alpha value is -3.87. The van der Waals surface area contributed by atoms with Gasteiger partial charge in [-0.2, -0.15) is 0 Å². The molecule has 6 nitrogen and oxygen atoms in total. The molecule has 0 saturated carbocycles. The normalized spacial score (nSPS) is 13.9. The molecule has 0 spiro atoms. The fourth-order valence-corrected chi connectivity index (χ4v) is 4.42. The SMILES string of the molecule is CCC(C)NC(=O)C(Cc1ccccc1)N(Cc1ccc(F)cc1)C(=O)CCc1ccc2c(c1)OCCO2. The molecule has 38 heavy (non-hydrogen) atoms. The van der Waals surface area contributed by atoms with Gasteiger partial charge in [-0.1, -0.05) is 55.5 Å². The fraction of sp³-hybridized carbons (Fsp3) is 0.355. The molecule has 200 valence electrons. The maximum absolute atomic E-state index is 13.8. The van der Waals surface area contributed by atoms with Crippen molar-refractivity contribution >= 4 is 11.8 Å². The quantitative estimate of drug-likeness (QED) is 0.384. The molecule has 0 aromatic heterocycles. The van der Waals surface area contributed by atoms with Gasteiger partial charge in [-0.3, -0.25) is 9.59 Å². The summed E-state index contributed by atoms with van der Waals surface area (Å²) in [6, 6.07) is 20.7. The van der Waals surface area contributed by atoms with Crippen LogP contribution < -0.4 is 14.8 Å². The summed E-state index contributed by atoms with van der Waals surface area (Å²) in [7, 11) is 0. The molecule has 0 aliphatic carbocycles. The molecule has 7 heteroatoms. The molecule has 2 unspecified atom stereocenters. The van der Waals surface area contributed by atoms with Gasteiger partial charge in [-0.15, -0.1) is 0 Å². The van der Waals surface area contributed by atoms with Gasteiger partial charge in [0.15, 0.2) is 11.5 Å². The highest BCUT2D eigenvalue weighted by Crippen LogP contribution is 2.31. The summed E-state index contributed by atoms with van der Waals surface area (Å²) < 4.78 is 24.9. The van der Waals surface area contributed by atoms with E-state index in [-0.39, 0.29) is 36.6 Å². The minimum atomic E-state index is -0.718. The van der Waals surface area contributed by atoms with Gasteiger partial charge in [0, 0.05) is 25.4 Å². The lowest BCUT2D eigenvalue weighted by Crippen LogP contribution is -2.52. The van der Waals surface area contributed by atoms with Crippen LogP contribution in [0.25, 0.3) is 0 Å². The van der Waals surface area contributed by atoms with E-state index < -0.39 is 6.04 Å². The highest BCUT2D eigenvalue weighted by atomic mass is 19.1. The van der Waals surface area contributed by atoms with Gasteiger partial charge in [-0.05, 0) is 60.7 Å². The third-order valence-corrected chi connectivity index (χ3v) is 6.77. The number of hydrogen-bond acceptors (Lipinski definition) is 4. The Kier molecular flexibility index (Phi) is 9.35. The maximum atomic E-state index is 13.8. The molecule has 1 heterocycles. The second-order valence-electron chi connectivity index (χ2n) is 9.65. The van der Waals surface area contributed by atoms with Gasteiger partial charge in [0.05, 0.1) is 0 Å². The summed E-state index contributed by atoms with van der Waals surface area (Å²) in [6.07, 6.45) is 1.85. The van der Waals surface area contributed by atoms with E-state index in [2.05, 4.69) is 5.32 Å². The van der Waals surface area contributed by atoms with Crippen molar-refractivity contribution in [1.82, 2.24) is 10.2 Å². The van der Waals surface area contributed by atoms with Crippen LogP contribution in [0.15, 0.2) is 72.8 Å². The number of nitrogens with zero attached hydrogens (tertiary/aromatic N) is 1. The van der Waals surface area contributed by atoms with Crippen molar-refractivity contribution in [3.63, 3.8) is 0 Å². The van der Waals surface area contributed by atoms with Crippen LogP contribution in [0.4, 0.5) is 4.39 Å². The van der Waals surface area contributed by atoms with Crippen molar-refractivity contribution in [2.45, 2.75) is 58.2 Å². The molecule has 4 rings (SSSR count). The minimum Gasteiger partial charge on any atom is -0.486 e. The molecular weight excluding hydrogens is 483 g/mol. The summed E-state index contributed by atoms with van der Waals surface area (Å²) in [4.78, 5) is 29.0. The Morgan fingerprint density at radius 2 is 1.61 bits per heavy atom. The predicted octanol–water partition coefficient (Wildman–Crippen LogP) is 5.08. The average Bonchev–Trinajstić information content (AvgIpc) is 2.94. The van der Waals surface area contributed by atoms with Gasteiger partial charge >= 0.3 is 0 Å². The Labute approximate surface area is 223 Å². The zero-order valence-electron chi connectivity index (χ0n) is 22.0. The topological polar surface area (TPSA) is 67.9 Å². The van der Waals surface area contributed by atoms with Crippen LogP contribution in [-0.2, 0) is 29.0 Å². The highest BCUT2D eigenvalue weighted by Gasteiger charge is 2.31. The Morgan fingerprint density at radius 3 is 2.32 bits per heavy atom. The number of carbonyl (C=O) groups is 2. The third-order valence-electron chi connectivity index (χ3n) is 6.77. The van der Waals surface area contributed by atoms with E-state index >= 15 is 0 Å². The van der Waals surface area contributed by atoms with Crippen molar-refractivity contribution < 1.29 is 23.5 Å². The lowest BCUT2D eigenvalue weighted by atomic mass is 10.0. The lowest BCUT2D eigenvalue weighted by Gasteiger charge is -2.32. The zero-order chi connectivity index (χ0) is 26.9. The highest BCUT2D eigenvalue weighted by molar-refractivity contribution is 5.88. The van der Waals surface area contributed by atoms with Crippen molar-refractivity contribution in [2.24, 2.45) is 0 Å². The lowest BCUT2D eigenvalue weighted by molar-refractivity contribution is -0.141. The first-order valence-corrected chi connectivity index (χ1v) is 13.2. The van der Waals surface area contributed by atoms with E-state index in [4.69, 9.17) is 9.47 Å². The van der Waals surface area contributed by atoms with Gasteiger partial charge in [-0.25, -0.2) is 4.39 Å². The summed E-state index contributed by atoms with van der Waals surface area (Å²) in [5.74, 6) is 0.691. The van der Waals surface area contributed by atoms with E-state index in [1.165, 1.54) is 12.1 Å². The number of amides is 2. The smallest absolute Gasteiger partial charge is 0.243 e. The number of carbonyl (C=O) groups excluding carboxylic acids is 2. The molecule has 1 aliphatic rings. The number of rotatable bonds is 11. The summed E-state index contributed by atoms with van der Waals surface area (Å²) >= 11 is 0. The number of fused-ring (bicyclic) bond motifs is 1. The second kappa shape index (κ2) is 13.1. The van der Waals surface area contributed by atoms with Gasteiger partial charge < -0.3 is 19.7 Å². The molecule has 0 radical (unpaired) electrons. The molecule has 0 saturated heterocycles. The third kappa shape index (κ3) is 7.34. The van der Waals surface area contributed by atoms with E-state index in [9.17, 15) is 14.0 Å². The number of halogens is 1. The molecule has 1 aliphatic heterocycles. The van der Waals surface area contributed by atoms with Crippen molar-refractivity contribution in [2.75, 3.05) is 13.2 Å². The summed E-state index contributed by atoms with van der Waals surface area (Å²) in [5.41, 5.74) is 2.67. The average molecular weight is 519 g/mol. The van der Waals surface area contributed by atoms with Crippen molar-refractivity contribution in [1.29, 1.82) is 0 Å². The van der Waals surface area contributed by atoms with Gasteiger partial charge in [0.1, 0.15) is 25.1 Å². The summed E-state index contributed by atoms with van der Waals surface area (Å²) in [6.45, 7) is 5.17. The molecule has 1 N–H and O–H groups in total. The monoisotopic (exact) mass is 518 g/mol. The van der Waals surface area contributed by atoms with Crippen LogP contribution in [0.1, 0.15) is 43.4 Å². The van der Waals surface area contributed by atoms with Crippen LogP contribution in [0.2, 0.25) is 0 Å². The first-order chi connectivity index (χ1) is 18.4. The zero-order valence-corrected chi connectivity index (χ0v) is 22.0. The van der Waals surface area contributed by atoms with Crippen molar-refractivity contribution in [3.05, 3.63) is 95.3 Å². The summed E-state index contributed by atoms with van der Waals surface area (Å²) in [5, 5.41) is 3.06. The predicted molar refractivity (Wildman–Crippen MR) is 145 cm³/mol. The molecule has 2 atom stereocenters. The number of benzene rings is 3. The molecular formula is C31H35FN2O4. The fourth-order valence-electron chi connectivity index (χ4n) is 4.42. The van der Waals surface area contributed by atoms with Gasteiger partial charge in [0.25, 0.3) is 0 Å². The number of nitrogens with one attached hydrogen (secondary N) is 1. The van der Waals surface area contributed by atoms with E-state index in [1.807, 2.05) is 62.4 Å². The van der Waals surface area contributed by atoms with Gasteiger partial charge in [0.2, 0.25) is 11.8 Å². The van der Waals surface area contributed by atoms with E-state index in [1.54, 1.807) is 17.0 Å².